The summed E-state index contributed by atoms with van der Waals surface area (Å²) < 4.78 is 0. The van der Waals surface area contributed by atoms with Gasteiger partial charge in [-0.3, -0.25) is 4.79 Å². The molecule has 3 nitrogen and oxygen atoms in total. The van der Waals surface area contributed by atoms with Crippen LogP contribution in [0.2, 0.25) is 0 Å². The zero-order valence-electron chi connectivity index (χ0n) is 12.6. The van der Waals surface area contributed by atoms with Gasteiger partial charge in [0, 0.05) is 25.2 Å². The highest BCUT2D eigenvalue weighted by atomic mass is 16.1. The fourth-order valence-electron chi connectivity index (χ4n) is 2.11. The van der Waals surface area contributed by atoms with Gasteiger partial charge in [0.2, 0.25) is 5.91 Å². The Balaban J connectivity index is 1.74. The normalized spacial score (nSPS) is 10.4. The molecule has 2 rings (SSSR count). The Kier molecular flexibility index (Phi) is 5.52. The topological polar surface area (TPSA) is 41.1 Å². The molecule has 0 radical (unpaired) electrons. The number of hydrogen-bond donors (Lipinski definition) is 2. The van der Waals surface area contributed by atoms with Crippen molar-refractivity contribution in [3.63, 3.8) is 0 Å². The molecule has 21 heavy (non-hydrogen) atoms. The molecule has 0 unspecified atom stereocenters. The molecule has 1 amide bonds. The van der Waals surface area contributed by atoms with Gasteiger partial charge in [0.25, 0.3) is 0 Å². The van der Waals surface area contributed by atoms with Crippen LogP contribution >= 0.6 is 0 Å². The predicted molar refractivity (Wildman–Crippen MR) is 87.3 cm³/mol. The summed E-state index contributed by atoms with van der Waals surface area (Å²) in [7, 11) is 0. The van der Waals surface area contributed by atoms with Gasteiger partial charge in [0.1, 0.15) is 0 Å². The van der Waals surface area contributed by atoms with E-state index in [1.165, 1.54) is 5.56 Å². The minimum absolute atomic E-state index is 0.0456. The average molecular weight is 282 g/mol. The maximum absolute atomic E-state index is 11.9. The summed E-state index contributed by atoms with van der Waals surface area (Å²) in [6.07, 6.45) is 0.472. The Bertz CT molecular complexity index is 593. The van der Waals surface area contributed by atoms with Gasteiger partial charge in [-0.15, -0.1) is 0 Å². The Morgan fingerprint density at radius 3 is 2.57 bits per heavy atom. The van der Waals surface area contributed by atoms with Crippen molar-refractivity contribution in [1.29, 1.82) is 0 Å². The quantitative estimate of drug-likeness (QED) is 0.797. The number of hydrogen-bond acceptors (Lipinski definition) is 2. The molecule has 0 spiro atoms. The summed E-state index contributed by atoms with van der Waals surface area (Å²) >= 11 is 0. The van der Waals surface area contributed by atoms with Crippen molar-refractivity contribution in [3.05, 3.63) is 65.2 Å². The molecule has 2 N–H and O–H groups in total. The van der Waals surface area contributed by atoms with Gasteiger partial charge >= 0.3 is 0 Å². The first kappa shape index (κ1) is 15.3. The zero-order chi connectivity index (χ0) is 15.1. The van der Waals surface area contributed by atoms with Gasteiger partial charge in [-0.2, -0.15) is 0 Å². The second-order valence-electron chi connectivity index (χ2n) is 5.28. The molecule has 0 heterocycles. The molecule has 0 saturated carbocycles. The highest BCUT2D eigenvalue weighted by molar-refractivity contribution is 5.91. The van der Waals surface area contributed by atoms with Crippen molar-refractivity contribution < 1.29 is 4.79 Å². The molecule has 2 aromatic carbocycles. The largest absolute Gasteiger partial charge is 0.326 e. The molecule has 0 bridgehead atoms. The monoisotopic (exact) mass is 282 g/mol. The summed E-state index contributed by atoms with van der Waals surface area (Å²) in [4.78, 5) is 11.9. The van der Waals surface area contributed by atoms with Crippen molar-refractivity contribution in [3.8, 4) is 0 Å². The maximum atomic E-state index is 11.9. The van der Waals surface area contributed by atoms with Gasteiger partial charge < -0.3 is 10.6 Å². The molecule has 0 aliphatic heterocycles. The predicted octanol–water partition coefficient (Wildman–Crippen LogP) is 3.42. The number of carbonyl (C=O) groups excluding carboxylic acids is 1. The van der Waals surface area contributed by atoms with E-state index in [4.69, 9.17) is 0 Å². The average Bonchev–Trinajstić information content (AvgIpc) is 2.48. The smallest absolute Gasteiger partial charge is 0.225 e. The van der Waals surface area contributed by atoms with E-state index in [0.29, 0.717) is 13.0 Å². The van der Waals surface area contributed by atoms with Crippen LogP contribution in [-0.2, 0) is 11.3 Å². The molecule has 0 saturated heterocycles. The van der Waals surface area contributed by atoms with Gasteiger partial charge in [-0.25, -0.2) is 0 Å². The van der Waals surface area contributed by atoms with Crippen LogP contribution in [0.15, 0.2) is 48.5 Å². The van der Waals surface area contributed by atoms with Crippen molar-refractivity contribution in [1.82, 2.24) is 5.32 Å². The van der Waals surface area contributed by atoms with E-state index in [9.17, 15) is 4.79 Å². The molecular weight excluding hydrogens is 260 g/mol. The van der Waals surface area contributed by atoms with E-state index >= 15 is 0 Å². The van der Waals surface area contributed by atoms with Crippen LogP contribution in [0.4, 0.5) is 5.69 Å². The lowest BCUT2D eigenvalue weighted by Crippen LogP contribution is -2.21. The van der Waals surface area contributed by atoms with Crippen LogP contribution in [0.1, 0.15) is 23.1 Å². The van der Waals surface area contributed by atoms with Crippen LogP contribution in [-0.4, -0.2) is 12.5 Å². The molecular formula is C18H22N2O. The summed E-state index contributed by atoms with van der Waals surface area (Å²) in [6.45, 7) is 5.49. The molecule has 0 aromatic heterocycles. The summed E-state index contributed by atoms with van der Waals surface area (Å²) in [5.74, 6) is 0.0456. The molecule has 0 atom stereocenters. The Labute approximate surface area is 126 Å². The van der Waals surface area contributed by atoms with E-state index < -0.39 is 0 Å². The maximum Gasteiger partial charge on any atom is 0.225 e. The van der Waals surface area contributed by atoms with E-state index in [-0.39, 0.29) is 5.91 Å². The highest BCUT2D eigenvalue weighted by Gasteiger charge is 2.04. The van der Waals surface area contributed by atoms with Crippen LogP contribution in [0, 0.1) is 13.8 Å². The third kappa shape index (κ3) is 5.04. The minimum Gasteiger partial charge on any atom is -0.326 e. The number of aryl methyl sites for hydroxylation is 2. The molecule has 0 aliphatic carbocycles. The summed E-state index contributed by atoms with van der Waals surface area (Å²) in [6, 6.07) is 16.3. The van der Waals surface area contributed by atoms with Crippen molar-refractivity contribution in [2.75, 3.05) is 11.9 Å². The van der Waals surface area contributed by atoms with Crippen molar-refractivity contribution in [2.24, 2.45) is 0 Å². The standard InChI is InChI=1S/C18H22N2O/c1-14-8-9-15(2)17(12-14)20-18(21)10-11-19-13-16-6-4-3-5-7-16/h3-9,12,19H,10-11,13H2,1-2H3,(H,20,21). The van der Waals surface area contributed by atoms with Crippen LogP contribution < -0.4 is 10.6 Å². The second kappa shape index (κ2) is 7.60. The Morgan fingerprint density at radius 2 is 1.81 bits per heavy atom. The van der Waals surface area contributed by atoms with Gasteiger partial charge in [-0.05, 0) is 36.6 Å². The molecule has 2 aromatic rings. The van der Waals surface area contributed by atoms with Crippen molar-refractivity contribution in [2.45, 2.75) is 26.8 Å². The number of benzene rings is 2. The third-order valence-corrected chi connectivity index (χ3v) is 3.37. The number of nitrogens with one attached hydrogen (secondary N) is 2. The van der Waals surface area contributed by atoms with Gasteiger partial charge in [0.15, 0.2) is 0 Å². The lowest BCUT2D eigenvalue weighted by Gasteiger charge is -2.10. The molecule has 3 heteroatoms. The zero-order valence-corrected chi connectivity index (χ0v) is 12.6. The van der Waals surface area contributed by atoms with Gasteiger partial charge in [0.05, 0.1) is 0 Å². The first-order valence-electron chi connectivity index (χ1n) is 7.27. The summed E-state index contributed by atoms with van der Waals surface area (Å²) in [5, 5.41) is 6.25. The van der Waals surface area contributed by atoms with Gasteiger partial charge in [-0.1, -0.05) is 42.5 Å². The number of anilines is 1. The van der Waals surface area contributed by atoms with E-state index in [1.807, 2.05) is 50.2 Å². The number of amides is 1. The number of carbonyl (C=O) groups is 1. The molecule has 0 fully saturated rings. The molecule has 0 aliphatic rings. The SMILES string of the molecule is Cc1ccc(C)c(NC(=O)CCNCc2ccccc2)c1. The Hall–Kier alpha value is -2.13. The third-order valence-electron chi connectivity index (χ3n) is 3.37. The minimum atomic E-state index is 0.0456. The first-order chi connectivity index (χ1) is 10.1. The van der Waals surface area contributed by atoms with Crippen LogP contribution in [0.25, 0.3) is 0 Å². The molecule has 110 valence electrons. The lowest BCUT2D eigenvalue weighted by molar-refractivity contribution is -0.116. The van der Waals surface area contributed by atoms with Crippen LogP contribution in [0.5, 0.6) is 0 Å². The Morgan fingerprint density at radius 1 is 1.05 bits per heavy atom. The summed E-state index contributed by atoms with van der Waals surface area (Å²) in [5.41, 5.74) is 4.37. The number of rotatable bonds is 6. The first-order valence-corrected chi connectivity index (χ1v) is 7.27. The van der Waals surface area contributed by atoms with E-state index in [1.54, 1.807) is 0 Å². The van der Waals surface area contributed by atoms with E-state index in [2.05, 4.69) is 22.8 Å². The van der Waals surface area contributed by atoms with E-state index in [0.717, 1.165) is 23.4 Å². The fourth-order valence-corrected chi connectivity index (χ4v) is 2.11. The van der Waals surface area contributed by atoms with Crippen molar-refractivity contribution >= 4 is 11.6 Å². The highest BCUT2D eigenvalue weighted by Crippen LogP contribution is 2.16. The lowest BCUT2D eigenvalue weighted by atomic mass is 10.1. The second-order valence-corrected chi connectivity index (χ2v) is 5.28. The fraction of sp³-hybridized carbons (Fsp3) is 0.278. The van der Waals surface area contributed by atoms with Crippen LogP contribution in [0.3, 0.4) is 0 Å².